The Bertz CT molecular complexity index is 1730. The monoisotopic (exact) mass is 598 g/mol. The van der Waals surface area contributed by atoms with Crippen LogP contribution in [0.15, 0.2) is 72.8 Å². The van der Waals surface area contributed by atoms with E-state index < -0.39 is 17.3 Å². The number of amides is 1. The van der Waals surface area contributed by atoms with E-state index in [0.717, 1.165) is 16.8 Å². The van der Waals surface area contributed by atoms with Gasteiger partial charge in [-0.05, 0) is 62.2 Å². The minimum absolute atomic E-state index is 0.0313. The standard InChI is InChI=1S/C35H35FN2O6/c1-21-11-12-23(36)18-30(21)43-20-27-25(15-16-28-33(27)38(4)34(40)35(2,3)37-28)26-14-13-24(19-31(26)42-6)44-32(39)17-22-9-7-8-10-29(22)41-5/h7-16,18-19,37H,17,20H2,1-6H3. The van der Waals surface area contributed by atoms with E-state index in [1.54, 1.807) is 49.4 Å². The number of fused-ring (bicyclic) bond motifs is 1. The lowest BCUT2D eigenvalue weighted by Crippen LogP contribution is -2.52. The molecule has 44 heavy (non-hydrogen) atoms. The van der Waals surface area contributed by atoms with E-state index in [1.165, 1.54) is 19.2 Å². The number of aryl methyl sites for hydroxylation is 1. The number of ether oxygens (including phenoxy) is 4. The van der Waals surface area contributed by atoms with Gasteiger partial charge in [0.15, 0.2) is 0 Å². The number of carbonyl (C=O) groups is 2. The summed E-state index contributed by atoms with van der Waals surface area (Å²) in [7, 11) is 4.81. The Balaban J connectivity index is 1.52. The van der Waals surface area contributed by atoms with Gasteiger partial charge in [0.25, 0.3) is 5.91 Å². The van der Waals surface area contributed by atoms with E-state index in [-0.39, 0.29) is 18.9 Å². The first-order chi connectivity index (χ1) is 21.0. The second-order valence-corrected chi connectivity index (χ2v) is 11.1. The summed E-state index contributed by atoms with van der Waals surface area (Å²) in [6.07, 6.45) is 0.0313. The molecule has 4 aromatic rings. The zero-order valence-corrected chi connectivity index (χ0v) is 25.6. The molecule has 1 N–H and O–H groups in total. The maximum atomic E-state index is 14.1. The van der Waals surface area contributed by atoms with Gasteiger partial charge in [0.1, 0.15) is 41.0 Å². The van der Waals surface area contributed by atoms with Gasteiger partial charge in [-0.25, -0.2) is 4.39 Å². The van der Waals surface area contributed by atoms with Crippen LogP contribution in [0.25, 0.3) is 11.1 Å². The van der Waals surface area contributed by atoms with Crippen LogP contribution in [0, 0.1) is 12.7 Å². The molecule has 0 unspecified atom stereocenters. The lowest BCUT2D eigenvalue weighted by Gasteiger charge is -2.39. The first-order valence-corrected chi connectivity index (χ1v) is 14.1. The van der Waals surface area contributed by atoms with E-state index in [0.29, 0.717) is 45.4 Å². The molecule has 0 radical (unpaired) electrons. The fraction of sp³-hybridized carbons (Fsp3) is 0.257. The summed E-state index contributed by atoms with van der Waals surface area (Å²) in [5.74, 6) is 0.793. The number of hydrogen-bond acceptors (Lipinski definition) is 7. The van der Waals surface area contributed by atoms with Crippen LogP contribution in [0.3, 0.4) is 0 Å². The molecule has 1 aliphatic heterocycles. The van der Waals surface area contributed by atoms with E-state index in [9.17, 15) is 14.0 Å². The average molecular weight is 599 g/mol. The normalized spacial score (nSPS) is 13.5. The predicted molar refractivity (Wildman–Crippen MR) is 167 cm³/mol. The fourth-order valence-electron chi connectivity index (χ4n) is 5.44. The number of para-hydroxylation sites is 1. The molecule has 0 saturated heterocycles. The molecule has 228 valence electrons. The van der Waals surface area contributed by atoms with Crippen molar-refractivity contribution in [2.24, 2.45) is 0 Å². The third kappa shape index (κ3) is 6.04. The van der Waals surface area contributed by atoms with Gasteiger partial charge < -0.3 is 29.2 Å². The number of likely N-dealkylation sites (N-methyl/N-ethyl adjacent to an activating group) is 1. The first-order valence-electron chi connectivity index (χ1n) is 14.1. The van der Waals surface area contributed by atoms with Gasteiger partial charge in [0.05, 0.1) is 32.0 Å². The molecule has 0 spiro atoms. The van der Waals surface area contributed by atoms with Crippen molar-refractivity contribution >= 4 is 23.3 Å². The van der Waals surface area contributed by atoms with Gasteiger partial charge >= 0.3 is 5.97 Å². The molecule has 0 fully saturated rings. The molecule has 0 saturated carbocycles. The number of nitrogens with one attached hydrogen (secondary N) is 1. The smallest absolute Gasteiger partial charge is 0.315 e. The SMILES string of the molecule is COc1ccccc1CC(=O)Oc1ccc(-c2ccc3c(c2COc2cc(F)ccc2C)N(C)C(=O)C(C)(C)N3)c(OC)c1. The van der Waals surface area contributed by atoms with Gasteiger partial charge in [-0.2, -0.15) is 0 Å². The first kappa shape index (κ1) is 30.4. The lowest BCUT2D eigenvalue weighted by molar-refractivity contribution is -0.133. The summed E-state index contributed by atoms with van der Waals surface area (Å²) in [6, 6.07) is 20.6. The third-order valence-electron chi connectivity index (χ3n) is 7.65. The minimum Gasteiger partial charge on any atom is -0.496 e. The van der Waals surface area contributed by atoms with E-state index >= 15 is 0 Å². The van der Waals surface area contributed by atoms with Crippen LogP contribution in [-0.2, 0) is 22.6 Å². The molecule has 0 aliphatic carbocycles. The van der Waals surface area contributed by atoms with Crippen molar-refractivity contribution in [3.8, 4) is 34.1 Å². The van der Waals surface area contributed by atoms with Crippen molar-refractivity contribution in [1.29, 1.82) is 0 Å². The molecular formula is C35H35FN2O6. The van der Waals surface area contributed by atoms with Crippen LogP contribution in [0.1, 0.15) is 30.5 Å². The number of carbonyl (C=O) groups excluding carboxylic acids is 2. The molecule has 1 aliphatic rings. The number of benzene rings is 4. The number of methoxy groups -OCH3 is 2. The molecule has 1 heterocycles. The van der Waals surface area contributed by atoms with Crippen molar-refractivity contribution in [2.45, 2.75) is 39.3 Å². The zero-order chi connectivity index (χ0) is 31.6. The number of esters is 1. The highest BCUT2D eigenvalue weighted by Crippen LogP contribution is 2.45. The Morgan fingerprint density at radius 2 is 1.64 bits per heavy atom. The molecule has 0 atom stereocenters. The molecule has 0 aromatic heterocycles. The predicted octanol–water partition coefficient (Wildman–Crippen LogP) is 6.71. The molecule has 0 bridgehead atoms. The van der Waals surface area contributed by atoms with Gasteiger partial charge in [-0.3, -0.25) is 9.59 Å². The van der Waals surface area contributed by atoms with E-state index in [1.807, 2.05) is 51.1 Å². The molecule has 8 nitrogen and oxygen atoms in total. The van der Waals surface area contributed by atoms with Crippen molar-refractivity contribution < 1.29 is 32.9 Å². The van der Waals surface area contributed by atoms with Gasteiger partial charge in [0, 0.05) is 35.9 Å². The summed E-state index contributed by atoms with van der Waals surface area (Å²) < 4.78 is 37.0. The molecule has 1 amide bonds. The zero-order valence-electron chi connectivity index (χ0n) is 25.6. The maximum absolute atomic E-state index is 14.1. The van der Waals surface area contributed by atoms with Crippen LogP contribution < -0.4 is 29.2 Å². The number of nitrogens with zero attached hydrogens (tertiary/aromatic N) is 1. The highest BCUT2D eigenvalue weighted by atomic mass is 19.1. The van der Waals surface area contributed by atoms with Gasteiger partial charge in [0.2, 0.25) is 0 Å². The summed E-state index contributed by atoms with van der Waals surface area (Å²) in [6.45, 7) is 5.53. The van der Waals surface area contributed by atoms with Crippen molar-refractivity contribution in [3.63, 3.8) is 0 Å². The highest BCUT2D eigenvalue weighted by Gasteiger charge is 2.38. The summed E-state index contributed by atoms with van der Waals surface area (Å²) in [5, 5.41) is 3.34. The summed E-state index contributed by atoms with van der Waals surface area (Å²) in [5.41, 5.74) is 4.22. The third-order valence-corrected chi connectivity index (χ3v) is 7.65. The van der Waals surface area contributed by atoms with Gasteiger partial charge in [-0.15, -0.1) is 0 Å². The number of halogens is 1. The van der Waals surface area contributed by atoms with Crippen molar-refractivity contribution in [1.82, 2.24) is 0 Å². The van der Waals surface area contributed by atoms with E-state index in [4.69, 9.17) is 18.9 Å². The quantitative estimate of drug-likeness (QED) is 0.169. The second kappa shape index (κ2) is 12.3. The number of anilines is 2. The maximum Gasteiger partial charge on any atom is 0.315 e. The Kier molecular flexibility index (Phi) is 8.49. The topological polar surface area (TPSA) is 86.3 Å². The van der Waals surface area contributed by atoms with Crippen molar-refractivity contribution in [2.75, 3.05) is 31.5 Å². The molecule has 4 aromatic carbocycles. The fourth-order valence-corrected chi connectivity index (χ4v) is 5.44. The molecule has 5 rings (SSSR count). The summed E-state index contributed by atoms with van der Waals surface area (Å²) in [4.78, 5) is 27.7. The minimum atomic E-state index is -0.812. The van der Waals surface area contributed by atoms with Crippen LogP contribution in [-0.4, -0.2) is 38.7 Å². The van der Waals surface area contributed by atoms with Crippen LogP contribution >= 0.6 is 0 Å². The number of hydrogen-bond donors (Lipinski definition) is 1. The Hall–Kier alpha value is -5.05. The largest absolute Gasteiger partial charge is 0.496 e. The number of rotatable bonds is 9. The molecular weight excluding hydrogens is 563 g/mol. The second-order valence-electron chi connectivity index (χ2n) is 11.1. The Morgan fingerprint density at radius 3 is 2.39 bits per heavy atom. The Morgan fingerprint density at radius 1 is 0.909 bits per heavy atom. The van der Waals surface area contributed by atoms with Crippen LogP contribution in [0.2, 0.25) is 0 Å². The summed E-state index contributed by atoms with van der Waals surface area (Å²) >= 11 is 0. The average Bonchev–Trinajstić information content (AvgIpc) is 3.00. The lowest BCUT2D eigenvalue weighted by atomic mass is 9.91. The van der Waals surface area contributed by atoms with E-state index in [2.05, 4.69) is 5.32 Å². The Labute approximate surface area is 256 Å². The van der Waals surface area contributed by atoms with Crippen LogP contribution in [0.4, 0.5) is 15.8 Å². The van der Waals surface area contributed by atoms with Crippen LogP contribution in [0.5, 0.6) is 23.0 Å². The van der Waals surface area contributed by atoms with Crippen molar-refractivity contribution in [3.05, 3.63) is 95.3 Å². The molecule has 9 heteroatoms. The highest BCUT2D eigenvalue weighted by molar-refractivity contribution is 6.08. The van der Waals surface area contributed by atoms with Gasteiger partial charge in [-0.1, -0.05) is 30.3 Å².